The van der Waals surface area contributed by atoms with Gasteiger partial charge >= 0.3 is 5.97 Å². The molecule has 0 aliphatic heterocycles. The number of carbonyl (C=O) groups is 1. The largest absolute Gasteiger partial charge is 0.508 e. The van der Waals surface area contributed by atoms with E-state index < -0.39 is 0 Å². The molecule has 2 aromatic rings. The fraction of sp³-hybridized carbons (Fsp3) is 0.235. The van der Waals surface area contributed by atoms with Gasteiger partial charge in [0.05, 0.1) is 13.5 Å². The Morgan fingerprint density at radius 1 is 1.14 bits per heavy atom. The van der Waals surface area contributed by atoms with Gasteiger partial charge in [-0.3, -0.25) is 4.79 Å². The van der Waals surface area contributed by atoms with Crippen LogP contribution in [-0.2, 0) is 22.5 Å². The van der Waals surface area contributed by atoms with Crippen LogP contribution in [-0.4, -0.2) is 25.2 Å². The van der Waals surface area contributed by atoms with Crippen LogP contribution < -0.4 is 4.90 Å². The third-order valence-corrected chi connectivity index (χ3v) is 3.36. The second-order valence-corrected chi connectivity index (χ2v) is 4.90. The van der Waals surface area contributed by atoms with Crippen LogP contribution in [0.2, 0.25) is 0 Å². The first-order valence-corrected chi connectivity index (χ1v) is 6.74. The number of carbonyl (C=O) groups excluding carboxylic acids is 1. The van der Waals surface area contributed by atoms with Crippen molar-refractivity contribution < 1.29 is 14.6 Å². The lowest BCUT2D eigenvalue weighted by Crippen LogP contribution is -2.18. The molecule has 0 saturated heterocycles. The Morgan fingerprint density at radius 3 is 2.52 bits per heavy atom. The van der Waals surface area contributed by atoms with Crippen LogP contribution in [0.25, 0.3) is 0 Å². The van der Waals surface area contributed by atoms with E-state index in [9.17, 15) is 9.90 Å². The maximum absolute atomic E-state index is 11.5. The summed E-state index contributed by atoms with van der Waals surface area (Å²) in [4.78, 5) is 13.5. The Kier molecular flexibility index (Phi) is 4.82. The molecular formula is C17H19NO3. The van der Waals surface area contributed by atoms with Crippen molar-refractivity contribution in [2.75, 3.05) is 19.1 Å². The molecule has 0 heterocycles. The highest BCUT2D eigenvalue weighted by atomic mass is 16.5. The van der Waals surface area contributed by atoms with Crippen molar-refractivity contribution in [3.63, 3.8) is 0 Å². The standard InChI is InChI=1S/C17H19NO3/c1-18(15-8-5-9-16(19)11-15)12-14-7-4-3-6-13(14)10-17(20)21-2/h3-9,11,19H,10,12H2,1-2H3. The molecule has 0 aromatic heterocycles. The molecule has 2 rings (SSSR count). The van der Waals surface area contributed by atoms with Crippen molar-refractivity contribution in [2.24, 2.45) is 0 Å². The third kappa shape index (κ3) is 3.99. The molecule has 21 heavy (non-hydrogen) atoms. The molecular weight excluding hydrogens is 266 g/mol. The number of rotatable bonds is 5. The van der Waals surface area contributed by atoms with Gasteiger partial charge in [0, 0.05) is 25.3 Å². The zero-order valence-electron chi connectivity index (χ0n) is 12.2. The summed E-state index contributed by atoms with van der Waals surface area (Å²) in [5.41, 5.74) is 2.94. The highest BCUT2D eigenvalue weighted by Gasteiger charge is 2.10. The number of methoxy groups -OCH3 is 1. The summed E-state index contributed by atoms with van der Waals surface area (Å²) in [6.45, 7) is 0.649. The summed E-state index contributed by atoms with van der Waals surface area (Å²) in [5, 5.41) is 9.55. The summed E-state index contributed by atoms with van der Waals surface area (Å²) in [7, 11) is 3.34. The highest BCUT2D eigenvalue weighted by Crippen LogP contribution is 2.21. The van der Waals surface area contributed by atoms with Crippen molar-refractivity contribution in [3.05, 3.63) is 59.7 Å². The van der Waals surface area contributed by atoms with Crippen LogP contribution >= 0.6 is 0 Å². The average Bonchev–Trinajstić information content (AvgIpc) is 2.49. The number of aromatic hydroxyl groups is 1. The van der Waals surface area contributed by atoms with Gasteiger partial charge in [-0.05, 0) is 23.3 Å². The number of ether oxygens (including phenoxy) is 1. The number of esters is 1. The van der Waals surface area contributed by atoms with Gasteiger partial charge in [-0.25, -0.2) is 0 Å². The topological polar surface area (TPSA) is 49.8 Å². The number of phenols is 1. The Balaban J connectivity index is 2.17. The minimum absolute atomic E-state index is 0.238. The van der Waals surface area contributed by atoms with Gasteiger partial charge in [-0.2, -0.15) is 0 Å². The zero-order chi connectivity index (χ0) is 15.2. The molecule has 4 nitrogen and oxygen atoms in total. The van der Waals surface area contributed by atoms with Gasteiger partial charge < -0.3 is 14.7 Å². The monoisotopic (exact) mass is 285 g/mol. The fourth-order valence-corrected chi connectivity index (χ4v) is 2.19. The summed E-state index contributed by atoms with van der Waals surface area (Å²) in [6, 6.07) is 14.9. The van der Waals surface area contributed by atoms with Crippen LogP contribution in [0.5, 0.6) is 5.75 Å². The molecule has 0 aliphatic carbocycles. The minimum atomic E-state index is -0.248. The van der Waals surface area contributed by atoms with Crippen LogP contribution in [0, 0.1) is 0 Å². The first kappa shape index (κ1) is 14.9. The van der Waals surface area contributed by atoms with E-state index in [0.29, 0.717) is 6.54 Å². The van der Waals surface area contributed by atoms with Crippen molar-refractivity contribution in [3.8, 4) is 5.75 Å². The first-order chi connectivity index (χ1) is 10.1. The van der Waals surface area contributed by atoms with Crippen molar-refractivity contribution in [2.45, 2.75) is 13.0 Å². The minimum Gasteiger partial charge on any atom is -0.508 e. The van der Waals surface area contributed by atoms with E-state index in [4.69, 9.17) is 4.74 Å². The van der Waals surface area contributed by atoms with Gasteiger partial charge in [-0.1, -0.05) is 30.3 Å². The van der Waals surface area contributed by atoms with Crippen LogP contribution in [0.4, 0.5) is 5.69 Å². The molecule has 0 radical (unpaired) electrons. The van der Waals surface area contributed by atoms with Crippen LogP contribution in [0.1, 0.15) is 11.1 Å². The number of nitrogens with zero attached hydrogens (tertiary/aromatic N) is 1. The Morgan fingerprint density at radius 2 is 1.86 bits per heavy atom. The smallest absolute Gasteiger partial charge is 0.309 e. The number of hydrogen-bond acceptors (Lipinski definition) is 4. The van der Waals surface area contributed by atoms with E-state index in [2.05, 4.69) is 0 Å². The van der Waals surface area contributed by atoms with Crippen molar-refractivity contribution in [1.82, 2.24) is 0 Å². The van der Waals surface area contributed by atoms with E-state index in [1.807, 2.05) is 48.3 Å². The number of phenolic OH excluding ortho intramolecular Hbond substituents is 1. The van der Waals surface area contributed by atoms with Gasteiger partial charge in [-0.15, -0.1) is 0 Å². The lowest BCUT2D eigenvalue weighted by Gasteiger charge is -2.21. The van der Waals surface area contributed by atoms with Crippen molar-refractivity contribution in [1.29, 1.82) is 0 Å². The summed E-state index contributed by atoms with van der Waals surface area (Å²) < 4.78 is 4.73. The molecule has 0 amide bonds. The lowest BCUT2D eigenvalue weighted by molar-refractivity contribution is -0.139. The highest BCUT2D eigenvalue weighted by molar-refractivity contribution is 5.73. The Hall–Kier alpha value is -2.49. The van der Waals surface area contributed by atoms with E-state index in [-0.39, 0.29) is 18.1 Å². The second kappa shape index (κ2) is 6.79. The zero-order valence-corrected chi connectivity index (χ0v) is 12.2. The molecule has 0 unspecified atom stereocenters. The lowest BCUT2D eigenvalue weighted by atomic mass is 10.0. The number of hydrogen-bond donors (Lipinski definition) is 1. The van der Waals surface area contributed by atoms with Crippen molar-refractivity contribution >= 4 is 11.7 Å². The molecule has 0 saturated carbocycles. The predicted molar refractivity (Wildman–Crippen MR) is 82.4 cm³/mol. The van der Waals surface area contributed by atoms with E-state index >= 15 is 0 Å². The third-order valence-electron chi connectivity index (χ3n) is 3.36. The quantitative estimate of drug-likeness (QED) is 0.858. The molecule has 0 spiro atoms. The van der Waals surface area contributed by atoms with Gasteiger partial charge in [0.25, 0.3) is 0 Å². The second-order valence-electron chi connectivity index (χ2n) is 4.90. The first-order valence-electron chi connectivity index (χ1n) is 6.74. The molecule has 0 fully saturated rings. The molecule has 1 N–H and O–H groups in total. The average molecular weight is 285 g/mol. The van der Waals surface area contributed by atoms with E-state index in [1.54, 1.807) is 12.1 Å². The van der Waals surface area contributed by atoms with Gasteiger partial charge in [0.1, 0.15) is 5.75 Å². The summed E-state index contributed by atoms with van der Waals surface area (Å²) >= 11 is 0. The molecule has 110 valence electrons. The Labute approximate surface area is 124 Å². The molecule has 0 atom stereocenters. The summed E-state index contributed by atoms with van der Waals surface area (Å²) in [6.07, 6.45) is 0.264. The summed E-state index contributed by atoms with van der Waals surface area (Å²) in [5.74, 6) is -0.00958. The Bertz CT molecular complexity index is 625. The van der Waals surface area contributed by atoms with E-state index in [1.165, 1.54) is 7.11 Å². The predicted octanol–water partition coefficient (Wildman–Crippen LogP) is 2.74. The fourth-order valence-electron chi connectivity index (χ4n) is 2.19. The van der Waals surface area contributed by atoms with Gasteiger partial charge in [0.15, 0.2) is 0 Å². The molecule has 0 aliphatic rings. The van der Waals surface area contributed by atoms with Crippen LogP contribution in [0.3, 0.4) is 0 Å². The van der Waals surface area contributed by atoms with E-state index in [0.717, 1.165) is 16.8 Å². The maximum atomic E-state index is 11.5. The SMILES string of the molecule is COC(=O)Cc1ccccc1CN(C)c1cccc(O)c1. The number of benzene rings is 2. The molecule has 0 bridgehead atoms. The maximum Gasteiger partial charge on any atom is 0.309 e. The molecule has 4 heteroatoms. The number of anilines is 1. The normalized spacial score (nSPS) is 10.2. The van der Waals surface area contributed by atoms with Crippen LogP contribution in [0.15, 0.2) is 48.5 Å². The van der Waals surface area contributed by atoms with Gasteiger partial charge in [0.2, 0.25) is 0 Å². The molecule has 2 aromatic carbocycles.